The number of amides is 1. The number of nitrogens with zero attached hydrogens (tertiary/aromatic N) is 2. The van der Waals surface area contributed by atoms with Crippen molar-refractivity contribution in [2.24, 2.45) is 0 Å². The number of carbonyl (C=O) groups excluding carboxylic acids is 1. The zero-order valence-electron chi connectivity index (χ0n) is 15.9. The average Bonchev–Trinajstić information content (AvgIpc) is 3.04. The van der Waals surface area contributed by atoms with Gasteiger partial charge in [0.25, 0.3) is 11.5 Å². The molecule has 4 rings (SSSR count). The van der Waals surface area contributed by atoms with Gasteiger partial charge in [-0.15, -0.1) is 11.3 Å². The van der Waals surface area contributed by atoms with Crippen LogP contribution in [0.3, 0.4) is 0 Å². The predicted molar refractivity (Wildman–Crippen MR) is 116 cm³/mol. The molecule has 0 saturated carbocycles. The third-order valence-electron chi connectivity index (χ3n) is 4.61. The molecule has 0 radical (unpaired) electrons. The van der Waals surface area contributed by atoms with Crippen LogP contribution in [-0.2, 0) is 6.54 Å². The summed E-state index contributed by atoms with van der Waals surface area (Å²) in [5, 5.41) is 2.67. The highest BCUT2D eigenvalue weighted by atomic mass is 79.9. The van der Waals surface area contributed by atoms with E-state index in [0.717, 1.165) is 17.4 Å². The van der Waals surface area contributed by atoms with E-state index in [2.05, 4.69) is 26.2 Å². The van der Waals surface area contributed by atoms with Gasteiger partial charge in [0, 0.05) is 10.5 Å². The molecule has 2 aromatic carbocycles. The molecule has 0 spiro atoms. The zero-order chi connectivity index (χ0) is 22.3. The normalized spacial score (nSPS) is 11.1. The van der Waals surface area contributed by atoms with Crippen molar-refractivity contribution < 1.29 is 18.0 Å². The van der Waals surface area contributed by atoms with Gasteiger partial charge in [-0.2, -0.15) is 0 Å². The lowest BCUT2D eigenvalue weighted by molar-refractivity contribution is 0.102. The molecule has 158 valence electrons. The molecule has 4 aromatic rings. The third-order valence-corrected chi connectivity index (χ3v) is 6.43. The lowest BCUT2D eigenvalue weighted by atomic mass is 10.2. The predicted octanol–water partition coefficient (Wildman–Crippen LogP) is 5.25. The summed E-state index contributed by atoms with van der Waals surface area (Å²) in [6, 6.07) is 7.56. The molecular weight excluding hydrogens is 495 g/mol. The van der Waals surface area contributed by atoms with Crippen LogP contribution >= 0.6 is 27.3 Å². The fourth-order valence-electron chi connectivity index (χ4n) is 3.15. The molecule has 0 aliphatic carbocycles. The van der Waals surface area contributed by atoms with Gasteiger partial charge < -0.3 is 5.32 Å². The Hall–Kier alpha value is -2.98. The van der Waals surface area contributed by atoms with Crippen LogP contribution in [0.15, 0.2) is 52.0 Å². The maximum absolute atomic E-state index is 14.1. The summed E-state index contributed by atoms with van der Waals surface area (Å²) < 4.78 is 42.2. The molecule has 0 unspecified atom stereocenters. The van der Waals surface area contributed by atoms with E-state index in [1.807, 2.05) is 0 Å². The van der Waals surface area contributed by atoms with Crippen LogP contribution in [0, 0.1) is 24.4 Å². The van der Waals surface area contributed by atoms with E-state index in [4.69, 9.17) is 0 Å². The van der Waals surface area contributed by atoms with Crippen molar-refractivity contribution in [2.45, 2.75) is 13.5 Å². The van der Waals surface area contributed by atoms with Crippen molar-refractivity contribution in [1.29, 1.82) is 0 Å². The average molecular weight is 508 g/mol. The Morgan fingerprint density at radius 2 is 1.97 bits per heavy atom. The first-order valence-corrected chi connectivity index (χ1v) is 10.5. The van der Waals surface area contributed by atoms with Crippen molar-refractivity contribution in [1.82, 2.24) is 9.55 Å². The molecule has 5 nitrogen and oxygen atoms in total. The second-order valence-electron chi connectivity index (χ2n) is 6.74. The Morgan fingerprint density at radius 1 is 1.19 bits per heavy atom. The molecule has 31 heavy (non-hydrogen) atoms. The summed E-state index contributed by atoms with van der Waals surface area (Å²) >= 11 is 4.02. The minimum Gasteiger partial charge on any atom is -0.318 e. The summed E-state index contributed by atoms with van der Waals surface area (Å²) in [5.74, 6) is -2.79. The SMILES string of the molecule is Cc1c(C(=O)Nc2c(F)cc(F)cc2Br)sc2ncn(Cc3cccc(F)c3)c(=O)c12. The highest BCUT2D eigenvalue weighted by Crippen LogP contribution is 2.31. The van der Waals surface area contributed by atoms with Gasteiger partial charge in [0.2, 0.25) is 0 Å². The molecule has 2 aromatic heterocycles. The molecule has 10 heteroatoms. The largest absolute Gasteiger partial charge is 0.318 e. The number of thiophene rings is 1. The van der Waals surface area contributed by atoms with E-state index in [-0.39, 0.29) is 32.5 Å². The summed E-state index contributed by atoms with van der Waals surface area (Å²) in [4.78, 5) is 30.5. The van der Waals surface area contributed by atoms with E-state index >= 15 is 0 Å². The van der Waals surface area contributed by atoms with Crippen LogP contribution in [0.1, 0.15) is 20.8 Å². The number of aromatic nitrogens is 2. The molecule has 0 atom stereocenters. The number of nitrogens with one attached hydrogen (secondary N) is 1. The fraction of sp³-hybridized carbons (Fsp3) is 0.0952. The summed E-state index contributed by atoms with van der Waals surface area (Å²) in [5.41, 5.74) is 0.393. The topological polar surface area (TPSA) is 64.0 Å². The first-order chi connectivity index (χ1) is 14.7. The first kappa shape index (κ1) is 21.3. The Morgan fingerprint density at radius 3 is 2.68 bits per heavy atom. The van der Waals surface area contributed by atoms with Gasteiger partial charge in [0.15, 0.2) is 5.82 Å². The molecule has 0 fully saturated rings. The standard InChI is InChI=1S/C21H13BrF3N3O2S/c1-10-16-20(26-9-28(21(16)30)8-11-3-2-4-12(23)5-11)31-18(10)19(29)27-17-14(22)6-13(24)7-15(17)25/h2-7,9H,8H2,1H3,(H,27,29). The number of rotatable bonds is 4. The van der Waals surface area contributed by atoms with Crippen LogP contribution in [-0.4, -0.2) is 15.5 Å². The van der Waals surface area contributed by atoms with Crippen LogP contribution in [0.25, 0.3) is 10.2 Å². The number of hydrogen-bond acceptors (Lipinski definition) is 4. The molecule has 0 saturated heterocycles. The van der Waals surface area contributed by atoms with Gasteiger partial charge in [-0.05, 0) is 52.2 Å². The zero-order valence-corrected chi connectivity index (χ0v) is 18.3. The van der Waals surface area contributed by atoms with Gasteiger partial charge >= 0.3 is 0 Å². The van der Waals surface area contributed by atoms with E-state index in [1.165, 1.54) is 23.0 Å². The van der Waals surface area contributed by atoms with Crippen molar-refractivity contribution >= 4 is 49.1 Å². The number of benzene rings is 2. The van der Waals surface area contributed by atoms with Gasteiger partial charge in [-0.3, -0.25) is 14.2 Å². The molecule has 0 bridgehead atoms. The van der Waals surface area contributed by atoms with E-state index in [1.54, 1.807) is 19.1 Å². The molecule has 1 amide bonds. The minimum atomic E-state index is -0.936. The van der Waals surface area contributed by atoms with Crippen molar-refractivity contribution in [2.75, 3.05) is 5.32 Å². The number of carbonyl (C=O) groups is 1. The number of halogens is 4. The molecular formula is C21H13BrF3N3O2S. The van der Waals surface area contributed by atoms with Crippen molar-refractivity contribution in [3.8, 4) is 0 Å². The Balaban J connectivity index is 1.70. The highest BCUT2D eigenvalue weighted by Gasteiger charge is 2.21. The smallest absolute Gasteiger partial charge is 0.266 e. The van der Waals surface area contributed by atoms with Crippen LogP contribution < -0.4 is 10.9 Å². The van der Waals surface area contributed by atoms with Gasteiger partial charge in [-0.25, -0.2) is 18.2 Å². The van der Waals surface area contributed by atoms with Gasteiger partial charge in [0.1, 0.15) is 16.5 Å². The summed E-state index contributed by atoms with van der Waals surface area (Å²) in [7, 11) is 0. The number of anilines is 1. The van der Waals surface area contributed by atoms with Gasteiger partial charge in [-0.1, -0.05) is 12.1 Å². The molecule has 0 aliphatic rings. The van der Waals surface area contributed by atoms with Crippen LogP contribution in [0.5, 0.6) is 0 Å². The summed E-state index contributed by atoms with van der Waals surface area (Å²) in [6.07, 6.45) is 1.34. The maximum Gasteiger partial charge on any atom is 0.266 e. The Kier molecular flexibility index (Phi) is 5.67. The number of fused-ring (bicyclic) bond motifs is 1. The van der Waals surface area contributed by atoms with E-state index in [0.29, 0.717) is 22.0 Å². The quantitative estimate of drug-likeness (QED) is 0.410. The molecule has 0 aliphatic heterocycles. The first-order valence-electron chi connectivity index (χ1n) is 8.93. The van der Waals surface area contributed by atoms with Crippen LogP contribution in [0.2, 0.25) is 0 Å². The Bertz CT molecular complexity index is 1380. The third kappa shape index (κ3) is 4.13. The second kappa shape index (κ2) is 8.27. The fourth-order valence-corrected chi connectivity index (χ4v) is 4.69. The van der Waals surface area contributed by atoms with Gasteiger partial charge in [0.05, 0.1) is 28.8 Å². The van der Waals surface area contributed by atoms with Crippen molar-refractivity contribution in [3.63, 3.8) is 0 Å². The van der Waals surface area contributed by atoms with Crippen LogP contribution in [0.4, 0.5) is 18.9 Å². The lowest BCUT2D eigenvalue weighted by Crippen LogP contribution is -2.21. The highest BCUT2D eigenvalue weighted by molar-refractivity contribution is 9.10. The lowest BCUT2D eigenvalue weighted by Gasteiger charge is -2.08. The van der Waals surface area contributed by atoms with Crippen molar-refractivity contribution in [3.05, 3.63) is 91.0 Å². The Labute approximate surface area is 186 Å². The maximum atomic E-state index is 14.1. The van der Waals surface area contributed by atoms with E-state index < -0.39 is 23.4 Å². The molecule has 1 N–H and O–H groups in total. The number of aryl methyl sites for hydroxylation is 1. The summed E-state index contributed by atoms with van der Waals surface area (Å²) in [6.45, 7) is 1.71. The minimum absolute atomic E-state index is 0.0488. The number of hydrogen-bond donors (Lipinski definition) is 1. The second-order valence-corrected chi connectivity index (χ2v) is 8.60. The van der Waals surface area contributed by atoms with E-state index in [9.17, 15) is 22.8 Å². The monoisotopic (exact) mass is 507 g/mol. The molecule has 2 heterocycles.